The summed E-state index contributed by atoms with van der Waals surface area (Å²) < 4.78 is 28.1. The molecule has 13 nitrogen and oxygen atoms in total. The summed E-state index contributed by atoms with van der Waals surface area (Å²) in [6, 6.07) is 0. The van der Waals surface area contributed by atoms with Gasteiger partial charge in [0, 0.05) is 0 Å². The molecule has 3 rings (SSSR count). The van der Waals surface area contributed by atoms with Crippen LogP contribution in [0.3, 0.4) is 0 Å². The van der Waals surface area contributed by atoms with E-state index in [4.69, 9.17) is 21.1 Å². The molecule has 1 saturated heterocycles. The molecule has 166 valence electrons. The van der Waals surface area contributed by atoms with Gasteiger partial charge in [0.15, 0.2) is 11.9 Å². The van der Waals surface area contributed by atoms with Gasteiger partial charge >= 0.3 is 13.6 Å². The van der Waals surface area contributed by atoms with Gasteiger partial charge in [-0.2, -0.15) is 4.98 Å². The molecule has 0 aromatic carbocycles. The number of aryl methyl sites for hydroxylation is 1. The molecule has 1 aliphatic heterocycles. The van der Waals surface area contributed by atoms with Crippen molar-refractivity contribution in [2.45, 2.75) is 44.2 Å². The van der Waals surface area contributed by atoms with Crippen LogP contribution in [0.15, 0.2) is 6.33 Å². The minimum atomic E-state index is -5.00. The zero-order chi connectivity index (χ0) is 22.2. The number of ether oxygens (including phenoxy) is 3. The van der Waals surface area contributed by atoms with Crippen molar-refractivity contribution in [1.29, 1.82) is 0 Å². The maximum atomic E-state index is 11.8. The second kappa shape index (κ2) is 8.81. The lowest BCUT2D eigenvalue weighted by Crippen LogP contribution is -2.36. The SMILES string of the molecule is CCOC(=O)[C@H](OC[C@H]1O[C@@H](n2cnc3c(C)nc(Cl)nc32)[C@H](O)[C@@H]1O)P(=O)(O)O. The molecule has 2 aromatic heterocycles. The first-order valence-electron chi connectivity index (χ1n) is 8.76. The summed E-state index contributed by atoms with van der Waals surface area (Å²) >= 11 is 5.88. The van der Waals surface area contributed by atoms with E-state index in [1.54, 1.807) is 6.92 Å². The van der Waals surface area contributed by atoms with E-state index in [0.29, 0.717) is 11.2 Å². The van der Waals surface area contributed by atoms with Crippen molar-refractivity contribution < 1.29 is 43.6 Å². The fraction of sp³-hybridized carbons (Fsp3) is 0.600. The first-order valence-corrected chi connectivity index (χ1v) is 10.8. The molecule has 1 fully saturated rings. The van der Waals surface area contributed by atoms with Gasteiger partial charge in [-0.25, -0.2) is 14.8 Å². The number of aromatic nitrogens is 4. The van der Waals surface area contributed by atoms with Crippen LogP contribution in [0.2, 0.25) is 5.28 Å². The fourth-order valence-corrected chi connectivity index (χ4v) is 3.85. The van der Waals surface area contributed by atoms with Gasteiger partial charge in [0.2, 0.25) is 5.28 Å². The highest BCUT2D eigenvalue weighted by atomic mass is 35.5. The predicted molar refractivity (Wildman–Crippen MR) is 99.4 cm³/mol. The van der Waals surface area contributed by atoms with Crippen LogP contribution in [0.5, 0.6) is 0 Å². The molecule has 0 bridgehead atoms. The topological polar surface area (TPSA) is 186 Å². The fourth-order valence-electron chi connectivity index (χ4n) is 3.01. The Morgan fingerprint density at radius 2 is 2.07 bits per heavy atom. The first kappa shape index (κ1) is 23.0. The molecular formula is C15H20ClN4O9P. The number of imidazole rings is 1. The summed E-state index contributed by atoms with van der Waals surface area (Å²) in [7, 11) is -5.00. The average molecular weight is 467 g/mol. The maximum absolute atomic E-state index is 11.8. The van der Waals surface area contributed by atoms with Crippen molar-refractivity contribution in [3.63, 3.8) is 0 Å². The number of fused-ring (bicyclic) bond motifs is 1. The smallest absolute Gasteiger partial charge is 0.365 e. The van der Waals surface area contributed by atoms with Gasteiger partial charge < -0.3 is 34.2 Å². The third kappa shape index (κ3) is 4.48. The Balaban J connectivity index is 1.79. The standard InChI is InChI=1S/C15H20ClN4O9P/c1-3-27-13(23)14(30(24,25)26)28-4-7-9(21)10(22)12(29-7)20-5-17-8-6(2)18-15(16)19-11(8)20/h5,7,9-10,12,14,21-22H,3-4H2,1-2H3,(H2,24,25,26)/t7-,9-,10-,12-,14-/m1/s1. The number of rotatable bonds is 7. The van der Waals surface area contributed by atoms with Crippen LogP contribution in [0.25, 0.3) is 11.2 Å². The summed E-state index contributed by atoms with van der Waals surface area (Å²) in [5, 5.41) is 20.7. The number of carbonyl (C=O) groups is 1. The molecule has 0 radical (unpaired) electrons. The first-order chi connectivity index (χ1) is 14.0. The quantitative estimate of drug-likeness (QED) is 0.233. The van der Waals surface area contributed by atoms with Gasteiger partial charge in [-0.1, -0.05) is 0 Å². The van der Waals surface area contributed by atoms with Gasteiger partial charge in [0.25, 0.3) is 5.85 Å². The third-order valence-corrected chi connectivity index (χ3v) is 5.53. The summed E-state index contributed by atoms with van der Waals surface area (Å²) in [5.41, 5.74) is 1.16. The van der Waals surface area contributed by atoms with Crippen LogP contribution in [-0.4, -0.2) is 82.9 Å². The lowest BCUT2D eigenvalue weighted by molar-refractivity contribution is -0.155. The summed E-state index contributed by atoms with van der Waals surface area (Å²) in [6.45, 7) is 2.42. The molecule has 5 atom stereocenters. The molecule has 4 N–H and O–H groups in total. The monoisotopic (exact) mass is 466 g/mol. The Bertz CT molecular complexity index is 982. The molecule has 0 unspecified atom stereocenters. The second-order valence-electron chi connectivity index (χ2n) is 6.48. The van der Waals surface area contributed by atoms with Crippen molar-refractivity contribution >= 4 is 36.3 Å². The van der Waals surface area contributed by atoms with Crippen LogP contribution in [-0.2, 0) is 23.6 Å². The van der Waals surface area contributed by atoms with E-state index in [0.717, 1.165) is 0 Å². The second-order valence-corrected chi connectivity index (χ2v) is 8.46. The lowest BCUT2D eigenvalue weighted by Gasteiger charge is -2.20. The average Bonchev–Trinajstić information content (AvgIpc) is 3.17. The minimum Gasteiger partial charge on any atom is -0.464 e. The van der Waals surface area contributed by atoms with E-state index in [9.17, 15) is 29.4 Å². The number of hydrogen-bond acceptors (Lipinski definition) is 10. The molecule has 0 aliphatic carbocycles. The van der Waals surface area contributed by atoms with Crippen LogP contribution in [0.4, 0.5) is 0 Å². The molecule has 0 saturated carbocycles. The highest BCUT2D eigenvalue weighted by Crippen LogP contribution is 2.43. The lowest BCUT2D eigenvalue weighted by atomic mass is 10.1. The van der Waals surface area contributed by atoms with Crippen LogP contribution < -0.4 is 0 Å². The van der Waals surface area contributed by atoms with E-state index >= 15 is 0 Å². The number of halogens is 1. The zero-order valence-corrected chi connectivity index (χ0v) is 17.5. The van der Waals surface area contributed by atoms with E-state index in [1.807, 2.05) is 0 Å². The van der Waals surface area contributed by atoms with Crippen molar-refractivity contribution in [2.24, 2.45) is 0 Å². The number of aliphatic hydroxyl groups is 2. The van der Waals surface area contributed by atoms with Crippen molar-refractivity contribution in [2.75, 3.05) is 13.2 Å². The van der Waals surface area contributed by atoms with E-state index < -0.39 is 50.6 Å². The number of carbonyl (C=O) groups excluding carboxylic acids is 1. The summed E-state index contributed by atoms with van der Waals surface area (Å²) in [5.74, 6) is -3.44. The Hall–Kier alpha value is -1.70. The van der Waals surface area contributed by atoms with Crippen LogP contribution in [0, 0.1) is 6.92 Å². The highest BCUT2D eigenvalue weighted by Gasteiger charge is 2.46. The summed E-state index contributed by atoms with van der Waals surface area (Å²) in [6.07, 6.45) is -4.00. The number of esters is 1. The Morgan fingerprint density at radius 3 is 2.70 bits per heavy atom. The maximum Gasteiger partial charge on any atom is 0.365 e. The van der Waals surface area contributed by atoms with E-state index in [-0.39, 0.29) is 17.5 Å². The molecular weight excluding hydrogens is 447 g/mol. The molecule has 0 amide bonds. The van der Waals surface area contributed by atoms with Gasteiger partial charge in [-0.05, 0) is 25.4 Å². The van der Waals surface area contributed by atoms with E-state index in [2.05, 4.69) is 19.7 Å². The van der Waals surface area contributed by atoms with Crippen LogP contribution >= 0.6 is 19.2 Å². The summed E-state index contributed by atoms with van der Waals surface area (Å²) in [4.78, 5) is 42.6. The highest BCUT2D eigenvalue weighted by molar-refractivity contribution is 7.53. The molecule has 3 heterocycles. The van der Waals surface area contributed by atoms with E-state index in [1.165, 1.54) is 17.8 Å². The Labute approximate surface area is 174 Å². The van der Waals surface area contributed by atoms with Gasteiger partial charge in [-0.15, -0.1) is 0 Å². The molecule has 2 aromatic rings. The zero-order valence-electron chi connectivity index (χ0n) is 15.8. The van der Waals surface area contributed by atoms with Crippen molar-refractivity contribution in [3.05, 3.63) is 17.3 Å². The van der Waals surface area contributed by atoms with Gasteiger partial charge in [0.05, 0.1) is 25.2 Å². The Kier molecular flexibility index (Phi) is 6.75. The normalized spacial score (nSPS) is 25.6. The van der Waals surface area contributed by atoms with Crippen molar-refractivity contribution in [1.82, 2.24) is 19.5 Å². The molecule has 1 aliphatic rings. The number of aliphatic hydroxyl groups excluding tert-OH is 2. The minimum absolute atomic E-state index is 0.0476. The van der Waals surface area contributed by atoms with Gasteiger partial charge in [0.1, 0.15) is 23.8 Å². The molecule has 0 spiro atoms. The predicted octanol–water partition coefficient (Wildman–Crippen LogP) is -0.509. The number of hydrogen-bond donors (Lipinski definition) is 4. The van der Waals surface area contributed by atoms with Crippen LogP contribution in [0.1, 0.15) is 18.8 Å². The molecule has 30 heavy (non-hydrogen) atoms. The largest absolute Gasteiger partial charge is 0.464 e. The Morgan fingerprint density at radius 1 is 1.37 bits per heavy atom. The number of nitrogens with zero attached hydrogens (tertiary/aromatic N) is 4. The van der Waals surface area contributed by atoms with Crippen molar-refractivity contribution in [3.8, 4) is 0 Å². The molecule has 15 heteroatoms. The van der Waals surface area contributed by atoms with Gasteiger partial charge in [-0.3, -0.25) is 9.13 Å². The third-order valence-electron chi connectivity index (χ3n) is 4.39.